The van der Waals surface area contributed by atoms with E-state index in [-0.39, 0.29) is 0 Å². The fourth-order valence-electron chi connectivity index (χ4n) is 1.89. The third-order valence-corrected chi connectivity index (χ3v) is 3.18. The Morgan fingerprint density at radius 2 is 1.79 bits per heavy atom. The van der Waals surface area contributed by atoms with E-state index >= 15 is 0 Å². The van der Waals surface area contributed by atoms with Gasteiger partial charge >= 0.3 is 0 Å². The molecule has 0 aliphatic rings. The third kappa shape index (κ3) is 3.49. The lowest BCUT2D eigenvalue weighted by Gasteiger charge is -2.08. The summed E-state index contributed by atoms with van der Waals surface area (Å²) in [7, 11) is 0. The zero-order chi connectivity index (χ0) is 13.7. The van der Waals surface area contributed by atoms with Crippen LogP contribution in [0.3, 0.4) is 0 Å². The predicted octanol–water partition coefficient (Wildman–Crippen LogP) is 4.91. The molecule has 19 heavy (non-hydrogen) atoms. The van der Waals surface area contributed by atoms with Crippen LogP contribution in [0.2, 0.25) is 5.02 Å². The number of benzene rings is 2. The number of rotatable bonds is 4. The smallest absolute Gasteiger partial charge is 0.101 e. The first-order chi connectivity index (χ1) is 9.22. The number of nitrogens with one attached hydrogen (secondary N) is 1. The summed E-state index contributed by atoms with van der Waals surface area (Å²) in [6.45, 7) is 2.17. The number of nitrogens with zero attached hydrogens (tertiary/aromatic N) is 1. The Kier molecular flexibility index (Phi) is 4.43. The summed E-state index contributed by atoms with van der Waals surface area (Å²) >= 11 is 6.00. The Balaban J connectivity index is 2.13. The Bertz CT molecular complexity index is 597. The second-order valence-corrected chi connectivity index (χ2v) is 4.79. The first kappa shape index (κ1) is 13.5. The largest absolute Gasteiger partial charge is 0.355 e. The molecule has 2 nitrogen and oxygen atoms in total. The van der Waals surface area contributed by atoms with Gasteiger partial charge in [-0.15, -0.1) is 0 Å². The van der Waals surface area contributed by atoms with Crippen LogP contribution in [0, 0.1) is 11.3 Å². The molecule has 0 fully saturated rings. The maximum absolute atomic E-state index is 8.83. The lowest BCUT2D eigenvalue weighted by atomic mass is 10.1. The third-order valence-electron chi connectivity index (χ3n) is 2.87. The molecule has 0 heterocycles. The fraction of sp³-hybridized carbons (Fsp3) is 0.188. The molecule has 0 bridgehead atoms. The van der Waals surface area contributed by atoms with Gasteiger partial charge in [-0.25, -0.2) is 0 Å². The molecule has 0 aromatic heterocycles. The molecular weight excluding hydrogens is 256 g/mol. The van der Waals surface area contributed by atoms with Gasteiger partial charge < -0.3 is 5.32 Å². The summed E-state index contributed by atoms with van der Waals surface area (Å²) in [6, 6.07) is 15.7. The number of anilines is 2. The normalized spacial score (nSPS) is 9.95. The molecule has 0 spiro atoms. The molecule has 0 unspecified atom stereocenters. The van der Waals surface area contributed by atoms with Crippen molar-refractivity contribution in [3.63, 3.8) is 0 Å². The van der Waals surface area contributed by atoms with Crippen LogP contribution in [0.1, 0.15) is 24.5 Å². The van der Waals surface area contributed by atoms with Crippen molar-refractivity contribution in [2.75, 3.05) is 5.32 Å². The second-order valence-electron chi connectivity index (χ2n) is 4.38. The minimum absolute atomic E-state index is 0.468. The zero-order valence-electron chi connectivity index (χ0n) is 10.8. The topological polar surface area (TPSA) is 35.8 Å². The summed E-state index contributed by atoms with van der Waals surface area (Å²) in [5.74, 6) is 0. The zero-order valence-corrected chi connectivity index (χ0v) is 11.5. The van der Waals surface area contributed by atoms with Gasteiger partial charge in [-0.1, -0.05) is 37.1 Å². The Hall–Kier alpha value is -1.98. The van der Waals surface area contributed by atoms with E-state index in [9.17, 15) is 0 Å². The molecule has 0 amide bonds. The summed E-state index contributed by atoms with van der Waals surface area (Å²) in [4.78, 5) is 0. The monoisotopic (exact) mass is 270 g/mol. The van der Waals surface area contributed by atoms with Crippen molar-refractivity contribution >= 4 is 23.0 Å². The van der Waals surface area contributed by atoms with E-state index in [1.54, 1.807) is 12.1 Å². The van der Waals surface area contributed by atoms with Gasteiger partial charge in [0.05, 0.1) is 10.6 Å². The van der Waals surface area contributed by atoms with Crippen molar-refractivity contribution in [2.45, 2.75) is 19.8 Å². The van der Waals surface area contributed by atoms with Crippen LogP contribution in [0.5, 0.6) is 0 Å². The molecule has 2 rings (SSSR count). The lowest BCUT2D eigenvalue weighted by molar-refractivity contribution is 0.922. The molecule has 0 aliphatic heterocycles. The van der Waals surface area contributed by atoms with Gasteiger partial charge in [-0.3, -0.25) is 0 Å². The van der Waals surface area contributed by atoms with E-state index in [2.05, 4.69) is 36.5 Å². The van der Waals surface area contributed by atoms with Crippen molar-refractivity contribution in [1.29, 1.82) is 5.26 Å². The molecule has 2 aromatic rings. The molecule has 96 valence electrons. The first-order valence-corrected chi connectivity index (χ1v) is 6.66. The SMILES string of the molecule is CCCc1ccc(Nc2ccc(C#N)c(Cl)c2)cc1. The molecule has 0 saturated carbocycles. The highest BCUT2D eigenvalue weighted by Crippen LogP contribution is 2.23. The van der Waals surface area contributed by atoms with Gasteiger partial charge in [0.15, 0.2) is 0 Å². The van der Waals surface area contributed by atoms with Crippen LogP contribution in [-0.4, -0.2) is 0 Å². The van der Waals surface area contributed by atoms with Crippen LogP contribution < -0.4 is 5.32 Å². The summed E-state index contributed by atoms with van der Waals surface area (Å²) in [5, 5.41) is 12.6. The second kappa shape index (κ2) is 6.26. The molecule has 0 saturated heterocycles. The van der Waals surface area contributed by atoms with Crippen LogP contribution in [-0.2, 0) is 6.42 Å². The van der Waals surface area contributed by atoms with Crippen molar-refractivity contribution in [3.8, 4) is 6.07 Å². The molecule has 0 atom stereocenters. The maximum Gasteiger partial charge on any atom is 0.101 e. The van der Waals surface area contributed by atoms with Crippen LogP contribution in [0.4, 0.5) is 11.4 Å². The molecule has 0 radical (unpaired) electrons. The van der Waals surface area contributed by atoms with Crippen molar-refractivity contribution in [3.05, 3.63) is 58.6 Å². The van der Waals surface area contributed by atoms with Crippen molar-refractivity contribution < 1.29 is 0 Å². The first-order valence-electron chi connectivity index (χ1n) is 6.28. The molecule has 3 heteroatoms. The van der Waals surface area contributed by atoms with E-state index in [0.717, 1.165) is 24.2 Å². The highest BCUT2D eigenvalue weighted by atomic mass is 35.5. The predicted molar refractivity (Wildman–Crippen MR) is 79.9 cm³/mol. The molecular formula is C16H15ClN2. The van der Waals surface area contributed by atoms with Gasteiger partial charge in [0.25, 0.3) is 0 Å². The van der Waals surface area contributed by atoms with Crippen molar-refractivity contribution in [1.82, 2.24) is 0 Å². The molecule has 0 aliphatic carbocycles. The lowest BCUT2D eigenvalue weighted by Crippen LogP contribution is -1.91. The Morgan fingerprint density at radius 1 is 1.11 bits per heavy atom. The fourth-order valence-corrected chi connectivity index (χ4v) is 2.12. The van der Waals surface area contributed by atoms with Gasteiger partial charge in [-0.2, -0.15) is 5.26 Å². The molecule has 2 aromatic carbocycles. The van der Waals surface area contributed by atoms with Gasteiger partial charge in [0, 0.05) is 11.4 Å². The van der Waals surface area contributed by atoms with Crippen molar-refractivity contribution in [2.24, 2.45) is 0 Å². The Labute approximate surface area is 118 Å². The minimum atomic E-state index is 0.468. The van der Waals surface area contributed by atoms with E-state index in [4.69, 9.17) is 16.9 Å². The van der Waals surface area contributed by atoms with E-state index < -0.39 is 0 Å². The van der Waals surface area contributed by atoms with E-state index in [1.807, 2.05) is 12.1 Å². The summed E-state index contributed by atoms with van der Waals surface area (Å²) in [5.41, 5.74) is 3.73. The number of aryl methyl sites for hydroxylation is 1. The number of halogens is 1. The summed E-state index contributed by atoms with van der Waals surface area (Å²) < 4.78 is 0. The standard InChI is InChI=1S/C16H15ClN2/c1-2-3-12-4-7-14(8-5-12)19-15-9-6-13(11-18)16(17)10-15/h4-10,19H,2-3H2,1H3. The average molecular weight is 271 g/mol. The van der Waals surface area contributed by atoms with Gasteiger partial charge in [0.2, 0.25) is 0 Å². The van der Waals surface area contributed by atoms with Crippen LogP contribution >= 0.6 is 11.6 Å². The minimum Gasteiger partial charge on any atom is -0.355 e. The number of nitriles is 1. The van der Waals surface area contributed by atoms with Crippen LogP contribution in [0.15, 0.2) is 42.5 Å². The number of hydrogen-bond acceptors (Lipinski definition) is 2. The van der Waals surface area contributed by atoms with E-state index in [1.165, 1.54) is 5.56 Å². The maximum atomic E-state index is 8.83. The van der Waals surface area contributed by atoms with Gasteiger partial charge in [0.1, 0.15) is 6.07 Å². The van der Waals surface area contributed by atoms with E-state index in [0.29, 0.717) is 10.6 Å². The van der Waals surface area contributed by atoms with Gasteiger partial charge in [-0.05, 0) is 42.3 Å². The Morgan fingerprint density at radius 3 is 2.37 bits per heavy atom. The summed E-state index contributed by atoms with van der Waals surface area (Å²) in [6.07, 6.45) is 2.25. The molecule has 1 N–H and O–H groups in total. The highest BCUT2D eigenvalue weighted by Gasteiger charge is 2.01. The quantitative estimate of drug-likeness (QED) is 0.857. The van der Waals surface area contributed by atoms with Crippen LogP contribution in [0.25, 0.3) is 0 Å². The average Bonchev–Trinajstić information content (AvgIpc) is 2.42. The number of hydrogen-bond donors (Lipinski definition) is 1. The highest BCUT2D eigenvalue weighted by molar-refractivity contribution is 6.32.